The Kier molecular flexibility index (Phi) is 10.6. The number of nitrogens with zero attached hydrogens (tertiary/aromatic N) is 2. The average Bonchev–Trinajstić information content (AvgIpc) is 2.90. The van der Waals surface area contributed by atoms with E-state index in [0.29, 0.717) is 33.7 Å². The van der Waals surface area contributed by atoms with E-state index in [0.717, 1.165) is 17.0 Å². The number of hydrogen-bond acceptors (Lipinski definition) is 5. The lowest BCUT2D eigenvalue weighted by Gasteiger charge is -2.31. The number of anilines is 1. The topological polar surface area (TPSA) is 96.0 Å². The third kappa shape index (κ3) is 8.61. The highest BCUT2D eigenvalue weighted by Crippen LogP contribution is 2.27. The van der Waals surface area contributed by atoms with Crippen LogP contribution in [-0.2, 0) is 26.2 Å². The van der Waals surface area contributed by atoms with E-state index in [2.05, 4.69) is 5.32 Å². The van der Waals surface area contributed by atoms with Gasteiger partial charge in [-0.25, -0.2) is 8.42 Å². The van der Waals surface area contributed by atoms with Gasteiger partial charge in [-0.3, -0.25) is 13.9 Å². The molecule has 0 fully saturated rings. The van der Waals surface area contributed by atoms with Crippen LogP contribution < -0.4 is 14.4 Å². The van der Waals surface area contributed by atoms with Crippen LogP contribution in [0.5, 0.6) is 11.5 Å². The van der Waals surface area contributed by atoms with Gasteiger partial charge in [0.15, 0.2) is 0 Å². The van der Waals surface area contributed by atoms with Crippen LogP contribution in [0.2, 0.25) is 10.0 Å². The molecule has 0 bridgehead atoms. The Labute approximate surface area is 239 Å². The van der Waals surface area contributed by atoms with Gasteiger partial charge in [0.2, 0.25) is 21.8 Å². The molecule has 0 aromatic heterocycles. The Hall–Kier alpha value is -3.27. The number of para-hydroxylation sites is 1. The van der Waals surface area contributed by atoms with Crippen molar-refractivity contribution in [3.05, 3.63) is 88.4 Å². The van der Waals surface area contributed by atoms with Crippen LogP contribution in [0.25, 0.3) is 0 Å². The first-order valence-corrected chi connectivity index (χ1v) is 14.9. The second-order valence-electron chi connectivity index (χ2n) is 8.90. The summed E-state index contributed by atoms with van der Waals surface area (Å²) in [6.45, 7) is 3.42. The molecule has 0 aliphatic heterocycles. The smallest absolute Gasteiger partial charge is 0.244 e. The molecule has 1 N–H and O–H groups in total. The highest BCUT2D eigenvalue weighted by Gasteiger charge is 2.30. The molecule has 208 valence electrons. The van der Waals surface area contributed by atoms with Gasteiger partial charge >= 0.3 is 0 Å². The number of rotatable bonds is 12. The van der Waals surface area contributed by atoms with E-state index in [-0.39, 0.29) is 18.1 Å². The van der Waals surface area contributed by atoms with Gasteiger partial charge in [0, 0.05) is 23.1 Å². The molecule has 0 radical (unpaired) electrons. The van der Waals surface area contributed by atoms with E-state index < -0.39 is 28.5 Å². The zero-order valence-electron chi connectivity index (χ0n) is 21.9. The third-order valence-electron chi connectivity index (χ3n) is 5.86. The lowest BCUT2D eigenvalue weighted by molar-refractivity contribution is -0.139. The maximum absolute atomic E-state index is 13.6. The first-order valence-electron chi connectivity index (χ1n) is 12.3. The maximum Gasteiger partial charge on any atom is 0.244 e. The quantitative estimate of drug-likeness (QED) is 0.300. The first kappa shape index (κ1) is 30.3. The standard InChI is InChI=1S/C28H31Cl2N3O5S/c1-4-16-31-28(35)20(2)32(18-21-10-11-22(29)17-26(21)30)27(34)19-33(39(3,36)37)23-12-14-25(15-13-23)38-24-8-6-5-7-9-24/h5-15,17,20H,4,16,18-19H2,1-3H3,(H,31,35)/t20-/m1/s1. The monoisotopic (exact) mass is 591 g/mol. The minimum absolute atomic E-state index is 0.0169. The minimum atomic E-state index is -3.86. The number of ether oxygens (including phenoxy) is 1. The molecule has 11 heteroatoms. The van der Waals surface area contributed by atoms with Crippen LogP contribution in [-0.4, -0.2) is 50.5 Å². The fourth-order valence-corrected chi connectivity index (χ4v) is 5.05. The zero-order valence-corrected chi connectivity index (χ0v) is 24.3. The van der Waals surface area contributed by atoms with Gasteiger partial charge in [-0.05, 0) is 67.4 Å². The van der Waals surface area contributed by atoms with E-state index in [4.69, 9.17) is 27.9 Å². The molecule has 3 aromatic carbocycles. The molecule has 0 spiro atoms. The van der Waals surface area contributed by atoms with E-state index in [1.165, 1.54) is 4.90 Å². The Morgan fingerprint density at radius 1 is 0.974 bits per heavy atom. The van der Waals surface area contributed by atoms with Crippen molar-refractivity contribution < 1.29 is 22.7 Å². The second-order valence-corrected chi connectivity index (χ2v) is 11.7. The summed E-state index contributed by atoms with van der Waals surface area (Å²) in [7, 11) is -3.86. The van der Waals surface area contributed by atoms with Gasteiger partial charge in [0.05, 0.1) is 11.9 Å². The van der Waals surface area contributed by atoms with Gasteiger partial charge < -0.3 is 15.0 Å². The Morgan fingerprint density at radius 2 is 1.62 bits per heavy atom. The van der Waals surface area contributed by atoms with Crippen LogP contribution in [0.15, 0.2) is 72.8 Å². The van der Waals surface area contributed by atoms with Crippen molar-refractivity contribution >= 4 is 50.7 Å². The summed E-state index contributed by atoms with van der Waals surface area (Å²) in [4.78, 5) is 27.8. The highest BCUT2D eigenvalue weighted by molar-refractivity contribution is 7.92. The van der Waals surface area contributed by atoms with Crippen LogP contribution in [0.4, 0.5) is 5.69 Å². The summed E-state index contributed by atoms with van der Waals surface area (Å²) in [5.41, 5.74) is 0.844. The lowest BCUT2D eigenvalue weighted by Crippen LogP contribution is -2.51. The molecule has 0 saturated heterocycles. The predicted molar refractivity (Wildman–Crippen MR) is 155 cm³/mol. The molecule has 0 aliphatic rings. The highest BCUT2D eigenvalue weighted by atomic mass is 35.5. The van der Waals surface area contributed by atoms with Crippen LogP contribution in [0.1, 0.15) is 25.8 Å². The molecule has 0 aliphatic carbocycles. The first-order chi connectivity index (χ1) is 18.5. The molecule has 0 saturated carbocycles. The van der Waals surface area contributed by atoms with E-state index >= 15 is 0 Å². The van der Waals surface area contributed by atoms with Crippen molar-refractivity contribution in [2.75, 3.05) is 23.7 Å². The summed E-state index contributed by atoms with van der Waals surface area (Å²) in [6, 6.07) is 19.5. The summed E-state index contributed by atoms with van der Waals surface area (Å²) in [6.07, 6.45) is 1.74. The average molecular weight is 593 g/mol. The summed E-state index contributed by atoms with van der Waals surface area (Å²) in [5.74, 6) is 0.205. The van der Waals surface area contributed by atoms with Gasteiger partial charge in [0.1, 0.15) is 24.1 Å². The Bertz CT molecular complexity index is 1390. The number of nitrogens with one attached hydrogen (secondary N) is 1. The van der Waals surface area contributed by atoms with Gasteiger partial charge in [-0.15, -0.1) is 0 Å². The minimum Gasteiger partial charge on any atom is -0.457 e. The van der Waals surface area contributed by atoms with Gasteiger partial charge in [-0.2, -0.15) is 0 Å². The summed E-state index contributed by atoms with van der Waals surface area (Å²) >= 11 is 12.4. The Balaban J connectivity index is 1.87. The number of hydrogen-bond donors (Lipinski definition) is 1. The fourth-order valence-electron chi connectivity index (χ4n) is 3.73. The van der Waals surface area contributed by atoms with E-state index in [9.17, 15) is 18.0 Å². The number of benzene rings is 3. The van der Waals surface area contributed by atoms with Gasteiger partial charge in [-0.1, -0.05) is 54.4 Å². The molecule has 8 nitrogen and oxygen atoms in total. The van der Waals surface area contributed by atoms with Gasteiger partial charge in [0.25, 0.3) is 0 Å². The Morgan fingerprint density at radius 3 is 2.21 bits per heavy atom. The molecule has 3 aromatic rings. The molecule has 3 rings (SSSR count). The predicted octanol–water partition coefficient (Wildman–Crippen LogP) is 5.50. The summed E-state index contributed by atoms with van der Waals surface area (Å²) in [5, 5.41) is 3.54. The zero-order chi connectivity index (χ0) is 28.6. The molecule has 1 atom stereocenters. The number of carbonyl (C=O) groups excluding carboxylic acids is 2. The molecule has 2 amide bonds. The molecule has 0 heterocycles. The third-order valence-corrected chi connectivity index (χ3v) is 7.58. The summed E-state index contributed by atoms with van der Waals surface area (Å²) < 4.78 is 32.3. The van der Waals surface area contributed by atoms with Crippen LogP contribution >= 0.6 is 23.2 Å². The van der Waals surface area contributed by atoms with Crippen molar-refractivity contribution in [2.24, 2.45) is 0 Å². The molecular formula is C28H31Cl2N3O5S. The van der Waals surface area contributed by atoms with E-state index in [1.54, 1.807) is 61.5 Å². The van der Waals surface area contributed by atoms with Crippen molar-refractivity contribution in [2.45, 2.75) is 32.9 Å². The van der Waals surface area contributed by atoms with Crippen molar-refractivity contribution in [3.63, 3.8) is 0 Å². The second kappa shape index (κ2) is 13.7. The number of sulfonamides is 1. The van der Waals surface area contributed by atoms with Crippen molar-refractivity contribution in [3.8, 4) is 11.5 Å². The van der Waals surface area contributed by atoms with Crippen molar-refractivity contribution in [1.82, 2.24) is 10.2 Å². The van der Waals surface area contributed by atoms with E-state index in [1.807, 2.05) is 25.1 Å². The number of amides is 2. The molecular weight excluding hydrogens is 561 g/mol. The van der Waals surface area contributed by atoms with Crippen molar-refractivity contribution in [1.29, 1.82) is 0 Å². The maximum atomic E-state index is 13.6. The fraction of sp³-hybridized carbons (Fsp3) is 0.286. The van der Waals surface area contributed by atoms with Crippen LogP contribution in [0.3, 0.4) is 0 Å². The van der Waals surface area contributed by atoms with Crippen LogP contribution in [0, 0.1) is 0 Å². The SMILES string of the molecule is CCCNC(=O)[C@@H](C)N(Cc1ccc(Cl)cc1Cl)C(=O)CN(c1ccc(Oc2ccccc2)cc1)S(C)(=O)=O. The largest absolute Gasteiger partial charge is 0.457 e. The molecule has 0 unspecified atom stereocenters. The number of carbonyl (C=O) groups is 2. The number of halogens is 2. The molecule has 39 heavy (non-hydrogen) atoms. The normalized spacial score (nSPS) is 11.9. The lowest BCUT2D eigenvalue weighted by atomic mass is 10.1.